The Kier molecular flexibility index (Phi) is 12.0. The van der Waals surface area contributed by atoms with Crippen LogP contribution in [0.15, 0.2) is 30.3 Å². The standard InChI is InChI=1S/C35H45Cl2N5O7/c1-7-18(3)27(31(38)43)40-33(45)35(13-12-25-23(16-35)22-14-21(36)15-24(37)28(22)39-25)41-32(44)29(19(4)8-2)42(34(46)47)17-20-10-9-11-26(48-5)30(20)49-6/h9-11,14-15,18-19,27,29,39H,7-8,12-13,16-17H2,1-6H3,(H2,38,43)(H,40,45)(H,41,44)(H,46,47)/t18-,19?,27-,29?,35+/m0/s1. The smallest absolute Gasteiger partial charge is 0.408 e. The van der Waals surface area contributed by atoms with Gasteiger partial charge in [-0.25, -0.2) is 4.79 Å². The van der Waals surface area contributed by atoms with Crippen LogP contribution in [0.1, 0.15) is 63.8 Å². The SMILES string of the molecule is CCC(C)C(C(=O)N[C@]1(C(=O)N[C@H](C(N)=O)[C@@H](C)CC)CCc2[nH]c3c(Cl)cc(Cl)cc3c2C1)N(Cc1cccc(OC)c1OC)C(=O)O. The number of amides is 4. The van der Waals surface area contributed by atoms with Crippen molar-refractivity contribution in [2.45, 2.75) is 84.0 Å². The minimum Gasteiger partial charge on any atom is -0.493 e. The van der Waals surface area contributed by atoms with Crippen molar-refractivity contribution in [2.24, 2.45) is 17.6 Å². The molecular weight excluding hydrogens is 673 g/mol. The van der Waals surface area contributed by atoms with E-state index in [-0.39, 0.29) is 25.3 Å². The van der Waals surface area contributed by atoms with Crippen molar-refractivity contribution >= 4 is 57.9 Å². The second kappa shape index (κ2) is 15.6. The van der Waals surface area contributed by atoms with Gasteiger partial charge in [-0.3, -0.25) is 19.3 Å². The lowest BCUT2D eigenvalue weighted by atomic mass is 9.78. The lowest BCUT2D eigenvalue weighted by molar-refractivity contribution is -0.139. The first-order chi connectivity index (χ1) is 23.2. The van der Waals surface area contributed by atoms with Crippen LogP contribution in [0.3, 0.4) is 0 Å². The predicted molar refractivity (Wildman–Crippen MR) is 188 cm³/mol. The lowest BCUT2D eigenvalue weighted by Crippen LogP contribution is -2.67. The molecule has 12 nitrogen and oxygen atoms in total. The summed E-state index contributed by atoms with van der Waals surface area (Å²) >= 11 is 12.9. The molecule has 0 fully saturated rings. The third kappa shape index (κ3) is 7.70. The number of H-pyrrole nitrogens is 1. The molecule has 3 aromatic rings. The highest BCUT2D eigenvalue weighted by Crippen LogP contribution is 2.39. The number of methoxy groups -OCH3 is 2. The number of hydrogen-bond donors (Lipinski definition) is 5. The Morgan fingerprint density at radius 3 is 2.37 bits per heavy atom. The van der Waals surface area contributed by atoms with E-state index in [1.54, 1.807) is 44.2 Å². The Hall–Kier alpha value is -4.16. The van der Waals surface area contributed by atoms with Crippen molar-refractivity contribution in [1.82, 2.24) is 20.5 Å². The molecular formula is C35H45Cl2N5O7. The lowest BCUT2D eigenvalue weighted by Gasteiger charge is -2.41. The van der Waals surface area contributed by atoms with E-state index in [9.17, 15) is 24.3 Å². The summed E-state index contributed by atoms with van der Waals surface area (Å²) in [5, 5.41) is 17.9. The maximum atomic E-state index is 14.6. The first-order valence-electron chi connectivity index (χ1n) is 16.3. The fourth-order valence-electron chi connectivity index (χ4n) is 6.62. The number of primary amides is 1. The average molecular weight is 719 g/mol. The van der Waals surface area contributed by atoms with Gasteiger partial charge in [-0.15, -0.1) is 0 Å². The molecule has 49 heavy (non-hydrogen) atoms. The van der Waals surface area contributed by atoms with Crippen molar-refractivity contribution in [3.05, 3.63) is 57.2 Å². The zero-order valence-electron chi connectivity index (χ0n) is 28.6. The van der Waals surface area contributed by atoms with Gasteiger partial charge in [0, 0.05) is 28.1 Å². The van der Waals surface area contributed by atoms with E-state index in [2.05, 4.69) is 15.6 Å². The highest BCUT2D eigenvalue weighted by Gasteiger charge is 2.47. The summed E-state index contributed by atoms with van der Waals surface area (Å²) in [5.41, 5.74) is 6.86. The van der Waals surface area contributed by atoms with Crippen LogP contribution >= 0.6 is 23.2 Å². The molecule has 2 unspecified atom stereocenters. The molecule has 2 aromatic carbocycles. The van der Waals surface area contributed by atoms with Crippen molar-refractivity contribution in [3.8, 4) is 11.5 Å². The van der Waals surface area contributed by atoms with Crippen LogP contribution in [0.25, 0.3) is 10.9 Å². The van der Waals surface area contributed by atoms with Crippen LogP contribution in [0.2, 0.25) is 10.0 Å². The zero-order valence-corrected chi connectivity index (χ0v) is 30.1. The summed E-state index contributed by atoms with van der Waals surface area (Å²) in [6.07, 6.45) is 0.194. The first kappa shape index (κ1) is 37.7. The van der Waals surface area contributed by atoms with Crippen molar-refractivity contribution < 1.29 is 33.8 Å². The van der Waals surface area contributed by atoms with E-state index in [1.165, 1.54) is 14.2 Å². The fourth-order valence-corrected chi connectivity index (χ4v) is 7.17. The first-order valence-corrected chi connectivity index (χ1v) is 17.1. The second-order valence-corrected chi connectivity index (χ2v) is 13.6. The molecule has 0 radical (unpaired) electrons. The molecule has 0 bridgehead atoms. The number of fused-ring (bicyclic) bond motifs is 3. The van der Waals surface area contributed by atoms with E-state index in [4.69, 9.17) is 38.4 Å². The maximum absolute atomic E-state index is 14.6. The molecule has 0 aliphatic heterocycles. The Bertz CT molecular complexity index is 1730. The van der Waals surface area contributed by atoms with Gasteiger partial charge in [0.25, 0.3) is 0 Å². The van der Waals surface area contributed by atoms with Crippen LogP contribution in [0.5, 0.6) is 11.5 Å². The Labute approximate surface area is 296 Å². The van der Waals surface area contributed by atoms with Crippen molar-refractivity contribution in [1.29, 1.82) is 0 Å². The van der Waals surface area contributed by atoms with Gasteiger partial charge in [0.1, 0.15) is 17.6 Å². The van der Waals surface area contributed by atoms with Gasteiger partial charge >= 0.3 is 6.09 Å². The molecule has 1 aromatic heterocycles. The highest BCUT2D eigenvalue weighted by atomic mass is 35.5. The number of carbonyl (C=O) groups excluding carboxylic acids is 3. The van der Waals surface area contributed by atoms with Gasteiger partial charge in [0.15, 0.2) is 11.5 Å². The van der Waals surface area contributed by atoms with Crippen LogP contribution in [0, 0.1) is 11.8 Å². The van der Waals surface area contributed by atoms with Gasteiger partial charge < -0.3 is 35.9 Å². The Balaban J connectivity index is 1.81. The summed E-state index contributed by atoms with van der Waals surface area (Å²) in [4.78, 5) is 58.8. The number of aromatic amines is 1. The van der Waals surface area contributed by atoms with Crippen molar-refractivity contribution in [3.63, 3.8) is 0 Å². The number of benzene rings is 2. The summed E-state index contributed by atoms with van der Waals surface area (Å²) in [6.45, 7) is 7.13. The number of nitrogens with two attached hydrogens (primary N) is 1. The number of carboxylic acid groups (broad SMARTS) is 1. The number of nitrogens with zero attached hydrogens (tertiary/aromatic N) is 1. The van der Waals surface area contributed by atoms with E-state index in [1.807, 2.05) is 13.8 Å². The highest BCUT2D eigenvalue weighted by molar-refractivity contribution is 6.38. The molecule has 4 amide bonds. The molecule has 6 N–H and O–H groups in total. The van der Waals surface area contributed by atoms with Gasteiger partial charge in [-0.05, 0) is 48.4 Å². The molecule has 266 valence electrons. The predicted octanol–water partition coefficient (Wildman–Crippen LogP) is 5.45. The number of aromatic nitrogens is 1. The second-order valence-electron chi connectivity index (χ2n) is 12.8. The molecule has 4 rings (SSSR count). The van der Waals surface area contributed by atoms with E-state index in [0.29, 0.717) is 57.3 Å². The number of hydrogen-bond acceptors (Lipinski definition) is 6. The van der Waals surface area contributed by atoms with E-state index < -0.39 is 47.4 Å². The molecule has 0 saturated carbocycles. The minimum atomic E-state index is -1.58. The number of nitrogens with one attached hydrogen (secondary N) is 3. The summed E-state index contributed by atoms with van der Waals surface area (Å²) in [7, 11) is 2.93. The topological polar surface area (TPSA) is 176 Å². The third-order valence-corrected chi connectivity index (χ3v) is 10.3. The third-order valence-electron chi connectivity index (χ3n) is 9.76. The molecule has 5 atom stereocenters. The molecule has 0 spiro atoms. The molecule has 1 aliphatic carbocycles. The molecule has 14 heteroatoms. The van der Waals surface area contributed by atoms with Crippen LogP contribution in [-0.2, 0) is 33.8 Å². The maximum Gasteiger partial charge on any atom is 0.408 e. The number of carbonyl (C=O) groups is 4. The molecule has 1 aliphatic rings. The monoisotopic (exact) mass is 717 g/mol. The van der Waals surface area contributed by atoms with Crippen molar-refractivity contribution in [2.75, 3.05) is 14.2 Å². The van der Waals surface area contributed by atoms with E-state index in [0.717, 1.165) is 16.2 Å². The summed E-state index contributed by atoms with van der Waals surface area (Å²) in [5.74, 6) is -1.96. The Morgan fingerprint density at radius 1 is 1.08 bits per heavy atom. The summed E-state index contributed by atoms with van der Waals surface area (Å²) in [6, 6.07) is 6.25. The van der Waals surface area contributed by atoms with Crippen LogP contribution in [0.4, 0.5) is 4.79 Å². The number of rotatable bonds is 14. The number of aryl methyl sites for hydroxylation is 1. The van der Waals surface area contributed by atoms with Gasteiger partial charge in [0.05, 0.1) is 31.3 Å². The number of ether oxygens (including phenoxy) is 2. The van der Waals surface area contributed by atoms with Gasteiger partial charge in [-0.1, -0.05) is 75.9 Å². The fraction of sp³-hybridized carbons (Fsp3) is 0.486. The summed E-state index contributed by atoms with van der Waals surface area (Å²) < 4.78 is 11.0. The quantitative estimate of drug-likeness (QED) is 0.147. The zero-order chi connectivity index (χ0) is 36.2. The van der Waals surface area contributed by atoms with Crippen LogP contribution < -0.4 is 25.8 Å². The minimum absolute atomic E-state index is 0.0204. The number of halogens is 2. The van der Waals surface area contributed by atoms with Crippen LogP contribution in [-0.4, -0.2) is 70.6 Å². The average Bonchev–Trinajstić information content (AvgIpc) is 3.43. The number of para-hydroxylation sites is 1. The van der Waals surface area contributed by atoms with E-state index >= 15 is 0 Å². The van der Waals surface area contributed by atoms with Gasteiger partial charge in [0.2, 0.25) is 17.7 Å². The Morgan fingerprint density at radius 2 is 1.78 bits per heavy atom. The molecule has 0 saturated heterocycles. The van der Waals surface area contributed by atoms with Gasteiger partial charge in [-0.2, -0.15) is 0 Å². The largest absolute Gasteiger partial charge is 0.493 e. The normalized spacial score (nSPS) is 18.0. The molecule has 1 heterocycles.